The van der Waals surface area contributed by atoms with E-state index < -0.39 is 21.2 Å². The van der Waals surface area contributed by atoms with Gasteiger partial charge in [-0.15, -0.1) is 0 Å². The van der Waals surface area contributed by atoms with E-state index in [1.807, 2.05) is 0 Å². The van der Waals surface area contributed by atoms with Gasteiger partial charge in [-0.25, -0.2) is 4.39 Å². The van der Waals surface area contributed by atoms with Gasteiger partial charge in [-0.1, -0.05) is 0 Å². The molecule has 0 aliphatic heterocycles. The molecule has 2 unspecified atom stereocenters. The smallest absolute Gasteiger partial charge is 0.319 e. The van der Waals surface area contributed by atoms with E-state index in [0.29, 0.717) is 0 Å². The predicted molar refractivity (Wildman–Crippen MR) is 52.7 cm³/mol. The van der Waals surface area contributed by atoms with Crippen molar-refractivity contribution in [1.82, 2.24) is 4.98 Å². The van der Waals surface area contributed by atoms with Gasteiger partial charge in [0.15, 0.2) is 0 Å². The van der Waals surface area contributed by atoms with Crippen LogP contribution in [0.1, 0.15) is 23.2 Å². The zero-order valence-corrected chi connectivity index (χ0v) is 9.35. The highest BCUT2D eigenvalue weighted by Gasteiger charge is 2.20. The fraction of sp³-hybridized carbons (Fsp3) is 0.375. The van der Waals surface area contributed by atoms with Crippen molar-refractivity contribution in [3.63, 3.8) is 0 Å². The maximum Gasteiger partial charge on any atom is 0.319 e. The zero-order chi connectivity index (χ0) is 12.3. The van der Waals surface area contributed by atoms with Gasteiger partial charge in [-0.2, -0.15) is 0 Å². The van der Waals surface area contributed by atoms with Gasteiger partial charge in [0, 0.05) is 17.3 Å². The predicted octanol–water partition coefficient (Wildman–Crippen LogP) is 0.955. The second kappa shape index (κ2) is 5.36. The van der Waals surface area contributed by atoms with E-state index in [-0.39, 0.29) is 22.6 Å². The van der Waals surface area contributed by atoms with Gasteiger partial charge in [0.25, 0.3) is 0 Å². The van der Waals surface area contributed by atoms with Crippen LogP contribution >= 0.6 is 8.25 Å². The van der Waals surface area contributed by atoms with E-state index in [2.05, 4.69) is 9.51 Å². The minimum atomic E-state index is -3.44. The fourth-order valence-electron chi connectivity index (χ4n) is 1.17. The van der Waals surface area contributed by atoms with Crippen molar-refractivity contribution < 1.29 is 28.6 Å². The number of aryl methyl sites for hydroxylation is 1. The van der Waals surface area contributed by atoms with Crippen LogP contribution in [0.5, 0.6) is 5.75 Å². The first-order chi connectivity index (χ1) is 7.47. The summed E-state index contributed by atoms with van der Waals surface area (Å²) in [4.78, 5) is 12.1. The number of hydrogen-bond donors (Lipinski definition) is 3. The molecule has 0 aliphatic carbocycles. The number of rotatable bonds is 4. The molecule has 3 N–H and O–H groups in total. The SMILES string of the molecule is Cc1ncc(C(F)O[PH](=O)O)c(CO)c1O. The third-order valence-corrected chi connectivity index (χ3v) is 2.39. The molecule has 6 nitrogen and oxygen atoms in total. The first-order valence-electron chi connectivity index (χ1n) is 4.29. The number of nitrogens with zero attached hydrogens (tertiary/aromatic N) is 1. The minimum absolute atomic E-state index is 0.108. The maximum atomic E-state index is 13.3. The third kappa shape index (κ3) is 2.76. The Labute approximate surface area is 91.3 Å². The largest absolute Gasteiger partial charge is 0.506 e. The molecule has 0 amide bonds. The number of aliphatic hydroxyl groups is 1. The molecule has 0 aromatic carbocycles. The van der Waals surface area contributed by atoms with Crippen LogP contribution in [0.15, 0.2) is 6.20 Å². The summed E-state index contributed by atoms with van der Waals surface area (Å²) in [5, 5.41) is 18.4. The molecule has 1 heterocycles. The number of hydrogen-bond acceptors (Lipinski definition) is 5. The molecule has 0 bridgehead atoms. The summed E-state index contributed by atoms with van der Waals surface area (Å²) in [6, 6.07) is 0. The number of alkyl halides is 1. The highest BCUT2D eigenvalue weighted by atomic mass is 31.1. The van der Waals surface area contributed by atoms with E-state index in [4.69, 9.17) is 10.00 Å². The Balaban J connectivity index is 3.13. The molecule has 1 rings (SSSR count). The number of aliphatic hydroxyl groups excluding tert-OH is 1. The highest BCUT2D eigenvalue weighted by molar-refractivity contribution is 7.32. The van der Waals surface area contributed by atoms with Crippen LogP contribution in [0.2, 0.25) is 0 Å². The molecule has 0 aliphatic rings. The number of aromatic hydroxyl groups is 1. The Morgan fingerprint density at radius 1 is 1.69 bits per heavy atom. The van der Waals surface area contributed by atoms with E-state index in [1.54, 1.807) is 0 Å². The lowest BCUT2D eigenvalue weighted by molar-refractivity contribution is 0.0607. The summed E-state index contributed by atoms with van der Waals surface area (Å²) in [5.74, 6) is -0.358. The Morgan fingerprint density at radius 2 is 2.31 bits per heavy atom. The number of aromatic nitrogens is 1. The molecule has 0 spiro atoms. The van der Waals surface area contributed by atoms with Crippen molar-refractivity contribution >= 4 is 8.25 Å². The van der Waals surface area contributed by atoms with Gasteiger partial charge in [0.05, 0.1) is 12.3 Å². The maximum absolute atomic E-state index is 13.3. The zero-order valence-electron chi connectivity index (χ0n) is 8.35. The summed E-state index contributed by atoms with van der Waals surface area (Å²) in [7, 11) is -3.44. The summed E-state index contributed by atoms with van der Waals surface area (Å²) in [5.41, 5.74) is -0.155. The van der Waals surface area contributed by atoms with Crippen molar-refractivity contribution in [2.75, 3.05) is 0 Å². The molecule has 0 fully saturated rings. The number of halogens is 1. The lowest BCUT2D eigenvalue weighted by Crippen LogP contribution is -2.02. The topological polar surface area (TPSA) is 99.9 Å². The minimum Gasteiger partial charge on any atom is -0.506 e. The lowest BCUT2D eigenvalue weighted by Gasteiger charge is -2.13. The molecule has 0 radical (unpaired) electrons. The van der Waals surface area contributed by atoms with Crippen LogP contribution in [0.25, 0.3) is 0 Å². The Bertz CT molecular complexity index is 414. The van der Waals surface area contributed by atoms with Gasteiger partial charge in [-0.3, -0.25) is 14.1 Å². The van der Waals surface area contributed by atoms with Crippen molar-refractivity contribution in [3.05, 3.63) is 23.0 Å². The van der Waals surface area contributed by atoms with Crippen LogP contribution in [0.3, 0.4) is 0 Å². The fourth-order valence-corrected chi connectivity index (χ4v) is 1.48. The van der Waals surface area contributed by atoms with Crippen LogP contribution in [0.4, 0.5) is 4.39 Å². The standard InChI is InChI=1S/C8H11FNO5P/c1-4-7(12)6(3-11)5(2-10-4)8(9)15-16(13)14/h2,8,11-12,16H,3H2,1H3,(H,13,14). The molecule has 8 heteroatoms. The average Bonchev–Trinajstić information content (AvgIpc) is 2.20. The van der Waals surface area contributed by atoms with Gasteiger partial charge in [-0.05, 0) is 6.92 Å². The van der Waals surface area contributed by atoms with Crippen LogP contribution < -0.4 is 0 Å². The van der Waals surface area contributed by atoms with Crippen molar-refractivity contribution in [2.24, 2.45) is 0 Å². The highest BCUT2D eigenvalue weighted by Crippen LogP contribution is 2.35. The van der Waals surface area contributed by atoms with Crippen molar-refractivity contribution in [3.8, 4) is 5.75 Å². The third-order valence-electron chi connectivity index (χ3n) is 1.98. The van der Waals surface area contributed by atoms with E-state index in [9.17, 15) is 14.1 Å². The summed E-state index contributed by atoms with van der Waals surface area (Å²) >= 11 is 0. The molecule has 1 aromatic rings. The van der Waals surface area contributed by atoms with Crippen molar-refractivity contribution in [1.29, 1.82) is 0 Å². The Morgan fingerprint density at radius 3 is 2.81 bits per heavy atom. The lowest BCUT2D eigenvalue weighted by atomic mass is 10.1. The second-order valence-corrected chi connectivity index (χ2v) is 3.75. The van der Waals surface area contributed by atoms with Gasteiger partial charge >= 0.3 is 8.25 Å². The van der Waals surface area contributed by atoms with Crippen LogP contribution in [-0.4, -0.2) is 20.1 Å². The van der Waals surface area contributed by atoms with Gasteiger partial charge < -0.3 is 15.1 Å². The van der Waals surface area contributed by atoms with Gasteiger partial charge in [0.1, 0.15) is 5.75 Å². The monoisotopic (exact) mass is 251 g/mol. The van der Waals surface area contributed by atoms with Gasteiger partial charge in [0.2, 0.25) is 6.36 Å². The Kier molecular flexibility index (Phi) is 4.37. The number of pyridine rings is 1. The van der Waals surface area contributed by atoms with E-state index in [1.165, 1.54) is 6.92 Å². The molecule has 0 saturated heterocycles. The average molecular weight is 251 g/mol. The molecule has 0 saturated carbocycles. The first kappa shape index (κ1) is 13.1. The normalized spacial score (nSPS) is 14.8. The molecule has 1 aromatic heterocycles. The second-order valence-electron chi connectivity index (χ2n) is 2.98. The molecule has 90 valence electrons. The molecule has 16 heavy (non-hydrogen) atoms. The quantitative estimate of drug-likeness (QED) is 0.689. The molecular formula is C8H11FNO5P. The summed E-state index contributed by atoms with van der Waals surface area (Å²) in [6.07, 6.45) is -1.17. The van der Waals surface area contributed by atoms with Crippen LogP contribution in [0, 0.1) is 6.92 Å². The van der Waals surface area contributed by atoms with Crippen LogP contribution in [-0.2, 0) is 15.7 Å². The van der Waals surface area contributed by atoms with Crippen molar-refractivity contribution in [2.45, 2.75) is 19.9 Å². The Hall–Kier alpha value is -1.01. The molecule has 2 atom stereocenters. The first-order valence-corrected chi connectivity index (χ1v) is 5.55. The van der Waals surface area contributed by atoms with E-state index in [0.717, 1.165) is 6.20 Å². The summed E-state index contributed by atoms with van der Waals surface area (Å²) < 4.78 is 27.7. The molecular weight excluding hydrogens is 240 g/mol. The summed E-state index contributed by atoms with van der Waals surface area (Å²) in [6.45, 7) is 0.849. The van der Waals surface area contributed by atoms with E-state index >= 15 is 0 Å².